The summed E-state index contributed by atoms with van der Waals surface area (Å²) in [4.78, 5) is -0.0532. The van der Waals surface area contributed by atoms with Crippen molar-refractivity contribution in [2.75, 3.05) is 0 Å². The van der Waals surface area contributed by atoms with Gasteiger partial charge in [0.2, 0.25) is 10.1 Å². The van der Waals surface area contributed by atoms with Crippen molar-refractivity contribution in [3.8, 4) is 0 Å². The van der Waals surface area contributed by atoms with Crippen LogP contribution in [0.5, 0.6) is 0 Å². The topological polar surface area (TPSA) is 54.4 Å². The fourth-order valence-electron chi connectivity index (χ4n) is 0.849. The average Bonchev–Trinajstić information content (AvgIpc) is 2.80. The molecule has 2 rings (SSSR count). The van der Waals surface area contributed by atoms with E-state index in [9.17, 15) is 8.42 Å². The molecule has 0 aliphatic carbocycles. The second kappa shape index (κ2) is 8.56. The fourth-order valence-corrected chi connectivity index (χ4v) is 1.35. The van der Waals surface area contributed by atoms with Crippen molar-refractivity contribution in [3.63, 3.8) is 0 Å². The van der Waals surface area contributed by atoms with E-state index in [-0.39, 0.29) is 34.4 Å². The van der Waals surface area contributed by atoms with E-state index in [2.05, 4.69) is 0 Å². The van der Waals surface area contributed by atoms with E-state index in [1.54, 1.807) is 12.1 Å². The van der Waals surface area contributed by atoms with Gasteiger partial charge in [0, 0.05) is 17.1 Å². The molecule has 1 N–H and O–H groups in total. The summed E-state index contributed by atoms with van der Waals surface area (Å²) in [5.41, 5.74) is 0. The van der Waals surface area contributed by atoms with Crippen LogP contribution in [0.25, 0.3) is 0 Å². The van der Waals surface area contributed by atoms with Gasteiger partial charge in [0.1, 0.15) is 0 Å². The van der Waals surface area contributed by atoms with Crippen molar-refractivity contribution in [1.82, 2.24) is 0 Å². The molecule has 96 valence electrons. The molecule has 3 nitrogen and oxygen atoms in total. The molecule has 16 heavy (non-hydrogen) atoms. The van der Waals surface area contributed by atoms with Crippen LogP contribution in [0.3, 0.4) is 0 Å². The Morgan fingerprint density at radius 3 is 1.44 bits per heavy atom. The molecule has 0 aliphatic heterocycles. The van der Waals surface area contributed by atoms with E-state index in [4.69, 9.17) is 4.55 Å². The predicted octanol–water partition coefficient (Wildman–Crippen LogP) is 2.48. The number of hydrogen-bond donors (Lipinski definition) is 1. The van der Waals surface area contributed by atoms with Crippen molar-refractivity contribution in [2.45, 2.75) is 4.90 Å². The summed E-state index contributed by atoms with van der Waals surface area (Å²) in [6.45, 7) is 0. The third-order valence-corrected chi connectivity index (χ3v) is 2.35. The monoisotopic (exact) mass is 302 g/mol. The molecule has 0 bridgehead atoms. The van der Waals surface area contributed by atoms with E-state index in [1.807, 2.05) is 30.3 Å². The van der Waals surface area contributed by atoms with Gasteiger partial charge in [-0.3, -0.25) is 4.55 Å². The molecular weight excluding hydrogens is 291 g/mol. The molecule has 2 aromatic rings. The molecule has 0 heterocycles. The van der Waals surface area contributed by atoms with Gasteiger partial charge in [-0.15, -0.1) is 12.4 Å². The van der Waals surface area contributed by atoms with Gasteiger partial charge in [0.05, 0.1) is 0 Å². The van der Waals surface area contributed by atoms with Crippen LogP contribution in [0.2, 0.25) is 0 Å². The third-order valence-electron chi connectivity index (χ3n) is 1.49. The van der Waals surface area contributed by atoms with Crippen LogP contribution in [-0.4, -0.2) is 13.0 Å². The maximum absolute atomic E-state index is 10.2. The number of hydrogen-bond acceptors (Lipinski definition) is 2. The van der Waals surface area contributed by atoms with Crippen LogP contribution in [0.1, 0.15) is 0 Å². The third kappa shape index (κ3) is 6.82. The summed E-state index contributed by atoms with van der Waals surface area (Å²) in [6, 6.07) is 15.7. The summed E-state index contributed by atoms with van der Waals surface area (Å²) < 4.78 is 28.8. The predicted molar refractivity (Wildman–Crippen MR) is 61.1 cm³/mol. The smallest absolute Gasteiger partial charge is 0.246 e. The van der Waals surface area contributed by atoms with Crippen molar-refractivity contribution >= 4 is 22.5 Å². The molecule has 0 radical (unpaired) electrons. The first-order valence-electron chi connectivity index (χ1n) is 3.96. The molecule has 0 atom stereocenters. The van der Waals surface area contributed by atoms with Crippen LogP contribution in [0.15, 0.2) is 59.5 Å². The molecule has 0 saturated heterocycles. The molecule has 0 aromatic heterocycles. The Balaban J connectivity index is 0. The van der Waals surface area contributed by atoms with Gasteiger partial charge in [-0.2, -0.15) is 12.1 Å². The van der Waals surface area contributed by atoms with Gasteiger partial charge in [-0.25, -0.2) is 20.6 Å². The molecule has 0 fully saturated rings. The second-order valence-corrected chi connectivity index (χ2v) is 3.98. The van der Waals surface area contributed by atoms with E-state index in [0.717, 1.165) is 0 Å². The summed E-state index contributed by atoms with van der Waals surface area (Å²) in [5, 5.41) is 0. The van der Waals surface area contributed by atoms with Gasteiger partial charge in [-0.1, -0.05) is 0 Å². The number of rotatable bonds is 1. The molecule has 2 aromatic carbocycles. The van der Waals surface area contributed by atoms with Crippen LogP contribution in [0.4, 0.5) is 0 Å². The van der Waals surface area contributed by atoms with Gasteiger partial charge in [-0.05, 0) is 4.90 Å². The van der Waals surface area contributed by atoms with Crippen LogP contribution in [-0.2, 0) is 27.2 Å². The van der Waals surface area contributed by atoms with E-state index in [1.165, 1.54) is 12.1 Å². The van der Waals surface area contributed by atoms with Gasteiger partial charge < -0.3 is 30.3 Å². The zero-order chi connectivity index (χ0) is 10.4. The minimum atomic E-state index is -3.96. The molecule has 0 aliphatic rings. The Labute approximate surface area is 112 Å². The fraction of sp³-hybridized carbons (Fsp3) is 0. The SMILES string of the molecule is Cl.O=S(=O)(O)[c-]1cccc1.[Fe].[cH-]1[cH-][cH-][cH-][cH-]1. The quantitative estimate of drug-likeness (QED) is 0.500. The Bertz CT molecular complexity index is 417. The van der Waals surface area contributed by atoms with Gasteiger partial charge in [0.15, 0.2) is 0 Å². The zero-order valence-corrected chi connectivity index (χ0v) is 10.9. The molecular formula is C10H11ClFeO3S-6. The molecule has 0 spiro atoms. The van der Waals surface area contributed by atoms with Crippen LogP contribution in [0, 0.1) is 0 Å². The van der Waals surface area contributed by atoms with Crippen LogP contribution < -0.4 is 0 Å². The van der Waals surface area contributed by atoms with Crippen molar-refractivity contribution in [3.05, 3.63) is 54.6 Å². The second-order valence-electron chi connectivity index (χ2n) is 2.56. The minimum Gasteiger partial charge on any atom is -0.748 e. The molecule has 0 saturated carbocycles. The average molecular weight is 303 g/mol. The van der Waals surface area contributed by atoms with Crippen molar-refractivity contribution in [1.29, 1.82) is 0 Å². The largest absolute Gasteiger partial charge is 0.748 e. The van der Waals surface area contributed by atoms with Crippen LogP contribution >= 0.6 is 12.4 Å². The first-order chi connectivity index (χ1) is 6.61. The van der Waals surface area contributed by atoms with E-state index in [0.29, 0.717) is 0 Å². The normalized spacial score (nSPS) is 9.06. The summed E-state index contributed by atoms with van der Waals surface area (Å²) in [7, 11) is -3.96. The summed E-state index contributed by atoms with van der Waals surface area (Å²) >= 11 is 0. The Hall–Kier alpha value is -0.581. The Kier molecular flexibility index (Phi) is 9.52. The first-order valence-corrected chi connectivity index (χ1v) is 5.40. The summed E-state index contributed by atoms with van der Waals surface area (Å²) in [6.07, 6.45) is 0. The zero-order valence-electron chi connectivity index (χ0n) is 8.13. The van der Waals surface area contributed by atoms with E-state index >= 15 is 0 Å². The summed E-state index contributed by atoms with van der Waals surface area (Å²) in [5.74, 6) is 0. The maximum atomic E-state index is 10.2. The van der Waals surface area contributed by atoms with Gasteiger partial charge in [0.25, 0.3) is 0 Å². The Morgan fingerprint density at radius 1 is 0.938 bits per heavy atom. The minimum absolute atomic E-state index is 0. The molecule has 6 heteroatoms. The number of halogens is 1. The first kappa shape index (κ1) is 17.8. The molecule has 0 unspecified atom stereocenters. The van der Waals surface area contributed by atoms with E-state index < -0.39 is 10.1 Å². The standard InChI is InChI=1S/C5H5O3S.C5H5.ClH.Fe/c6-9(7,8)5-3-1-2-4-5;1-2-4-5-3-1;;/h1-4H,(H,6,7,8);1-5H;1H;/q-1;-5;;. The van der Waals surface area contributed by atoms with Gasteiger partial charge >= 0.3 is 0 Å². The Morgan fingerprint density at radius 2 is 1.25 bits per heavy atom. The molecule has 0 amide bonds. The van der Waals surface area contributed by atoms with Crippen molar-refractivity contribution < 1.29 is 30.0 Å². The van der Waals surface area contributed by atoms with Crippen molar-refractivity contribution in [2.24, 2.45) is 0 Å². The maximum Gasteiger partial charge on any atom is 0.246 e.